The second kappa shape index (κ2) is 9.81. The highest BCUT2D eigenvalue weighted by Crippen LogP contribution is 2.25. The molecule has 1 aromatic heterocycles. The molecule has 0 aliphatic carbocycles. The molecule has 9 heteroatoms. The summed E-state index contributed by atoms with van der Waals surface area (Å²) in [5.41, 5.74) is 2.76. The predicted octanol–water partition coefficient (Wildman–Crippen LogP) is 4.56. The number of nitrogens with zero attached hydrogens (tertiary/aromatic N) is 2. The monoisotopic (exact) mass is 467 g/mol. The molecule has 1 atom stereocenters. The number of unbranched alkanes of at least 4 members (excludes halogenated alkanes) is 1. The molecule has 0 saturated heterocycles. The van der Waals surface area contributed by atoms with Crippen LogP contribution in [-0.4, -0.2) is 29.2 Å². The number of thiol groups is 1. The van der Waals surface area contributed by atoms with Gasteiger partial charge in [-0.3, -0.25) is 4.79 Å². The molecule has 0 bridgehead atoms. The Kier molecular flexibility index (Phi) is 7.39. The van der Waals surface area contributed by atoms with E-state index in [4.69, 9.17) is 23.2 Å². The van der Waals surface area contributed by atoms with Gasteiger partial charge in [0.2, 0.25) is 0 Å². The van der Waals surface area contributed by atoms with Gasteiger partial charge in [-0.25, -0.2) is 13.4 Å². The van der Waals surface area contributed by atoms with Gasteiger partial charge in [0.05, 0.1) is 17.6 Å². The molecule has 3 rings (SSSR count). The third-order valence-corrected chi connectivity index (χ3v) is 6.41. The third-order valence-electron chi connectivity index (χ3n) is 4.93. The molecule has 0 fully saturated rings. The highest BCUT2D eigenvalue weighted by molar-refractivity contribution is 7.73. The molecule has 0 aliphatic heterocycles. The van der Waals surface area contributed by atoms with E-state index in [0.29, 0.717) is 28.6 Å². The Balaban J connectivity index is 1.91. The van der Waals surface area contributed by atoms with Crippen LogP contribution in [0.3, 0.4) is 0 Å². The molecule has 6 nitrogen and oxygen atoms in total. The van der Waals surface area contributed by atoms with Crippen LogP contribution in [0.4, 0.5) is 0 Å². The first-order valence-electron chi connectivity index (χ1n) is 9.65. The van der Waals surface area contributed by atoms with Crippen molar-refractivity contribution in [3.8, 4) is 0 Å². The van der Waals surface area contributed by atoms with Crippen molar-refractivity contribution >= 4 is 50.8 Å². The van der Waals surface area contributed by atoms with Crippen molar-refractivity contribution in [2.45, 2.75) is 45.0 Å². The van der Waals surface area contributed by atoms with E-state index in [1.54, 1.807) is 30.3 Å². The molecule has 2 aromatic carbocycles. The van der Waals surface area contributed by atoms with E-state index in [2.05, 4.69) is 10.3 Å². The summed E-state index contributed by atoms with van der Waals surface area (Å²) in [5.74, 6) is 0.351. The van der Waals surface area contributed by atoms with Crippen LogP contribution < -0.4 is 5.32 Å². The Morgan fingerprint density at radius 3 is 2.63 bits per heavy atom. The number of hydrogen-bond donors (Lipinski definition) is 2. The standard InChI is InChI=1S/C21H23Cl2N3O3S/c1-3-4-5-20(30(28)29)25-21(27)14-7-9-18-19(10-14)26(13(2)24-18)12-15-6-8-16(22)11-17(15)23/h6-11,20,30H,3-5,12H2,1-2H3,(H,25,27). The number of aromatic nitrogens is 2. The van der Waals surface area contributed by atoms with Crippen LogP contribution in [0.1, 0.15) is 47.9 Å². The second-order valence-corrected chi connectivity index (χ2v) is 9.14. The minimum absolute atomic E-state index is 0.379. The molecule has 0 aliphatic rings. The number of amides is 1. The van der Waals surface area contributed by atoms with Crippen molar-refractivity contribution in [1.82, 2.24) is 14.9 Å². The molecule has 30 heavy (non-hydrogen) atoms. The Morgan fingerprint density at radius 1 is 1.20 bits per heavy atom. The van der Waals surface area contributed by atoms with Gasteiger partial charge in [0.1, 0.15) is 11.2 Å². The lowest BCUT2D eigenvalue weighted by Crippen LogP contribution is -2.35. The molecule has 0 radical (unpaired) electrons. The summed E-state index contributed by atoms with van der Waals surface area (Å²) in [5, 5.41) is 2.86. The Hall–Kier alpha value is -2.09. The van der Waals surface area contributed by atoms with E-state index in [1.807, 2.05) is 24.5 Å². The van der Waals surface area contributed by atoms with Gasteiger partial charge >= 0.3 is 0 Å². The van der Waals surface area contributed by atoms with Crippen LogP contribution in [0.2, 0.25) is 10.0 Å². The molecule has 1 amide bonds. The molecule has 0 spiro atoms. The lowest BCUT2D eigenvalue weighted by molar-refractivity contribution is 0.0947. The van der Waals surface area contributed by atoms with Gasteiger partial charge in [-0.15, -0.1) is 0 Å². The van der Waals surface area contributed by atoms with Crippen LogP contribution in [0, 0.1) is 6.92 Å². The molecule has 1 heterocycles. The van der Waals surface area contributed by atoms with Gasteiger partial charge in [0.15, 0.2) is 10.7 Å². The van der Waals surface area contributed by atoms with E-state index < -0.39 is 22.0 Å². The van der Waals surface area contributed by atoms with Crippen LogP contribution in [0.25, 0.3) is 11.0 Å². The van der Waals surface area contributed by atoms with Gasteiger partial charge in [-0.1, -0.05) is 49.0 Å². The van der Waals surface area contributed by atoms with E-state index in [1.165, 1.54) is 0 Å². The Morgan fingerprint density at radius 2 is 1.97 bits per heavy atom. The highest BCUT2D eigenvalue weighted by atomic mass is 35.5. The van der Waals surface area contributed by atoms with Crippen molar-refractivity contribution < 1.29 is 13.2 Å². The average molecular weight is 468 g/mol. The number of halogens is 2. The van der Waals surface area contributed by atoms with Crippen molar-refractivity contribution in [3.63, 3.8) is 0 Å². The summed E-state index contributed by atoms with van der Waals surface area (Å²) in [7, 11) is -2.75. The summed E-state index contributed by atoms with van der Waals surface area (Å²) >= 11 is 12.3. The van der Waals surface area contributed by atoms with Crippen LogP contribution >= 0.6 is 23.2 Å². The van der Waals surface area contributed by atoms with Crippen LogP contribution in [0.5, 0.6) is 0 Å². The average Bonchev–Trinajstić information content (AvgIpc) is 3.01. The zero-order valence-electron chi connectivity index (χ0n) is 16.7. The lowest BCUT2D eigenvalue weighted by Gasteiger charge is -2.13. The Labute approximate surface area is 187 Å². The fraction of sp³-hybridized carbons (Fsp3) is 0.333. The van der Waals surface area contributed by atoms with E-state index in [0.717, 1.165) is 35.3 Å². The minimum atomic E-state index is -2.75. The number of rotatable bonds is 8. The zero-order chi connectivity index (χ0) is 21.8. The van der Waals surface area contributed by atoms with Gasteiger partial charge in [-0.2, -0.15) is 0 Å². The minimum Gasteiger partial charge on any atom is -0.336 e. The summed E-state index contributed by atoms with van der Waals surface area (Å²) < 4.78 is 24.9. The number of carbonyl (C=O) groups excluding carboxylic acids is 1. The van der Waals surface area contributed by atoms with E-state index in [-0.39, 0.29) is 0 Å². The number of benzene rings is 2. The molecule has 160 valence electrons. The fourth-order valence-electron chi connectivity index (χ4n) is 3.27. The third kappa shape index (κ3) is 5.14. The summed E-state index contributed by atoms with van der Waals surface area (Å²) in [4.78, 5) is 17.2. The quantitative estimate of drug-likeness (QED) is 0.475. The SMILES string of the molecule is CCCCC(NC(=O)c1ccc2nc(C)n(Cc3ccc(Cl)cc3Cl)c2c1)[SH](=O)=O. The smallest absolute Gasteiger partial charge is 0.252 e. The van der Waals surface area contributed by atoms with Crippen molar-refractivity contribution in [1.29, 1.82) is 0 Å². The number of fused-ring (bicyclic) bond motifs is 1. The first kappa shape index (κ1) is 22.6. The number of nitrogens with one attached hydrogen (secondary N) is 1. The van der Waals surface area contributed by atoms with Crippen molar-refractivity contribution in [3.05, 3.63) is 63.4 Å². The lowest BCUT2D eigenvalue weighted by atomic mass is 10.1. The fourth-order valence-corrected chi connectivity index (χ4v) is 4.35. The van der Waals surface area contributed by atoms with E-state index in [9.17, 15) is 13.2 Å². The number of aryl methyl sites for hydroxylation is 1. The topological polar surface area (TPSA) is 81.1 Å². The van der Waals surface area contributed by atoms with Crippen molar-refractivity contribution in [2.75, 3.05) is 0 Å². The van der Waals surface area contributed by atoms with Gasteiger partial charge < -0.3 is 9.88 Å². The van der Waals surface area contributed by atoms with Crippen molar-refractivity contribution in [2.24, 2.45) is 0 Å². The molecule has 3 aromatic rings. The maximum Gasteiger partial charge on any atom is 0.252 e. The molecular weight excluding hydrogens is 445 g/mol. The molecule has 1 unspecified atom stereocenters. The first-order chi connectivity index (χ1) is 14.3. The molecular formula is C21H23Cl2N3O3S. The molecule has 0 saturated carbocycles. The second-order valence-electron chi connectivity index (χ2n) is 7.10. The van der Waals surface area contributed by atoms with Gasteiger partial charge in [-0.05, 0) is 49.2 Å². The predicted molar refractivity (Wildman–Crippen MR) is 121 cm³/mol. The largest absolute Gasteiger partial charge is 0.336 e. The molecule has 1 N–H and O–H groups in total. The number of hydrogen-bond acceptors (Lipinski definition) is 4. The first-order valence-corrected chi connectivity index (χ1v) is 11.7. The maximum atomic E-state index is 12.7. The number of carbonyl (C=O) groups is 1. The zero-order valence-corrected chi connectivity index (χ0v) is 19.1. The maximum absolute atomic E-state index is 12.7. The highest BCUT2D eigenvalue weighted by Gasteiger charge is 2.18. The van der Waals surface area contributed by atoms with Gasteiger partial charge in [0, 0.05) is 15.6 Å². The van der Waals surface area contributed by atoms with Crippen LogP contribution in [0.15, 0.2) is 36.4 Å². The number of imidazole rings is 1. The van der Waals surface area contributed by atoms with E-state index >= 15 is 0 Å². The Bertz CT molecular complexity index is 1150. The summed E-state index contributed by atoms with van der Waals surface area (Å²) in [6.07, 6.45) is 1.98. The normalized spacial score (nSPS) is 12.4. The summed E-state index contributed by atoms with van der Waals surface area (Å²) in [6, 6.07) is 10.5. The summed E-state index contributed by atoms with van der Waals surface area (Å²) in [6.45, 7) is 4.32. The van der Waals surface area contributed by atoms with Crippen LogP contribution in [-0.2, 0) is 17.2 Å². The van der Waals surface area contributed by atoms with Gasteiger partial charge in [0.25, 0.3) is 5.91 Å².